The van der Waals surface area contributed by atoms with Gasteiger partial charge in [0.05, 0.1) is 34.3 Å². The van der Waals surface area contributed by atoms with Crippen molar-refractivity contribution in [3.05, 3.63) is 48.7 Å². The Hall–Kier alpha value is -3.53. The molecule has 1 aliphatic heterocycles. The summed E-state index contributed by atoms with van der Waals surface area (Å²) in [6, 6.07) is 3.50. The molecule has 15 heteroatoms. The number of carbonyl (C=O) groups is 1. The Balaban J connectivity index is 1.23. The van der Waals surface area contributed by atoms with Gasteiger partial charge in [0, 0.05) is 53.6 Å². The number of fused-ring (bicyclic) bond motifs is 1. The third-order valence-corrected chi connectivity index (χ3v) is 11.2. The van der Waals surface area contributed by atoms with Crippen molar-refractivity contribution in [2.45, 2.75) is 56.9 Å². The van der Waals surface area contributed by atoms with Gasteiger partial charge in [-0.05, 0) is 45.6 Å². The van der Waals surface area contributed by atoms with E-state index in [-0.39, 0.29) is 23.2 Å². The van der Waals surface area contributed by atoms with Gasteiger partial charge >= 0.3 is 0 Å². The van der Waals surface area contributed by atoms with Gasteiger partial charge < -0.3 is 15.2 Å². The molecule has 13 nitrogen and oxygen atoms in total. The first-order valence-corrected chi connectivity index (χ1v) is 16.8. The van der Waals surface area contributed by atoms with Gasteiger partial charge in [-0.15, -0.1) is 0 Å². The number of anilines is 2. The fourth-order valence-corrected chi connectivity index (χ4v) is 7.92. The molecule has 6 rings (SSSR count). The van der Waals surface area contributed by atoms with E-state index in [9.17, 15) is 22.3 Å². The molecule has 4 N–H and O–H groups in total. The quantitative estimate of drug-likeness (QED) is 0.231. The van der Waals surface area contributed by atoms with Crippen molar-refractivity contribution in [2.75, 3.05) is 16.8 Å². The highest BCUT2D eigenvalue weighted by atomic mass is 32.3. The van der Waals surface area contributed by atoms with Crippen LogP contribution >= 0.6 is 10.6 Å². The van der Waals surface area contributed by atoms with Gasteiger partial charge in [0.2, 0.25) is 0 Å². The summed E-state index contributed by atoms with van der Waals surface area (Å²) in [6.45, 7) is 4.06. The highest BCUT2D eigenvalue weighted by molar-refractivity contribution is 8.24. The van der Waals surface area contributed by atoms with Gasteiger partial charge in [0.25, 0.3) is 15.9 Å². The number of nitrogens with one attached hydrogen (secondary N) is 2. The van der Waals surface area contributed by atoms with E-state index in [1.165, 1.54) is 12.4 Å². The molecule has 1 amide bonds. The van der Waals surface area contributed by atoms with Crippen molar-refractivity contribution in [2.24, 2.45) is 0 Å². The standard InChI is InChI=1S/C26H32N8O5S2/c1-16(2)33-15-21(26(35)30-18-6-9-40(36,37)10-7-18)20-13-28-24(11-22(20)33)31-23-5-8-27-25(32-23)17-12-29-34(14-17)41(38,39)19-3-4-19/h5,8,11-16,18-19,36-37H,3-4,6-7,9-10H2,1-2H3,(H,30,35)(H,27,28,31,32). The monoisotopic (exact) mass is 600 g/mol. The highest BCUT2D eigenvalue weighted by Gasteiger charge is 2.37. The molecule has 4 aromatic rings. The molecule has 0 bridgehead atoms. The molecule has 1 aliphatic carbocycles. The molecule has 41 heavy (non-hydrogen) atoms. The van der Waals surface area contributed by atoms with Crippen LogP contribution in [-0.4, -0.2) is 74.9 Å². The number of nitrogens with zero attached hydrogens (tertiary/aromatic N) is 6. The van der Waals surface area contributed by atoms with Crippen molar-refractivity contribution in [3.63, 3.8) is 0 Å². The Labute approximate surface area is 238 Å². The molecule has 2 fully saturated rings. The average Bonchev–Trinajstić information content (AvgIpc) is 3.55. The summed E-state index contributed by atoms with van der Waals surface area (Å²) in [5.41, 5.74) is 1.81. The van der Waals surface area contributed by atoms with Gasteiger partial charge in [-0.25, -0.2) is 23.4 Å². The predicted octanol–water partition coefficient (Wildman–Crippen LogP) is 4.00. The van der Waals surface area contributed by atoms with Crippen LogP contribution in [0.1, 0.15) is 55.9 Å². The Morgan fingerprint density at radius 1 is 1.07 bits per heavy atom. The molecule has 1 saturated carbocycles. The molecule has 0 radical (unpaired) electrons. The van der Waals surface area contributed by atoms with E-state index < -0.39 is 20.6 Å². The minimum Gasteiger partial charge on any atom is -0.349 e. The first-order chi connectivity index (χ1) is 19.5. The van der Waals surface area contributed by atoms with Crippen LogP contribution in [0.2, 0.25) is 0 Å². The number of pyridine rings is 1. The van der Waals surface area contributed by atoms with E-state index in [1.807, 2.05) is 30.7 Å². The molecule has 0 unspecified atom stereocenters. The lowest BCUT2D eigenvalue weighted by atomic mass is 10.1. The molecule has 0 aromatic carbocycles. The maximum absolute atomic E-state index is 13.2. The fourth-order valence-electron chi connectivity index (χ4n) is 4.91. The van der Waals surface area contributed by atoms with Crippen LogP contribution in [0.3, 0.4) is 0 Å². The molecule has 5 heterocycles. The average molecular weight is 601 g/mol. The van der Waals surface area contributed by atoms with Crippen molar-refractivity contribution in [1.29, 1.82) is 0 Å². The summed E-state index contributed by atoms with van der Waals surface area (Å²) in [4.78, 5) is 26.6. The fraction of sp³-hybridized carbons (Fsp3) is 0.423. The first-order valence-electron chi connectivity index (χ1n) is 13.4. The van der Waals surface area contributed by atoms with Gasteiger partial charge in [0.1, 0.15) is 11.6 Å². The summed E-state index contributed by atoms with van der Waals surface area (Å²) in [5.74, 6) is 1.68. The molecular weight excluding hydrogens is 568 g/mol. The van der Waals surface area contributed by atoms with E-state index in [0.717, 1.165) is 9.60 Å². The minimum absolute atomic E-state index is 0.0751. The molecule has 218 valence electrons. The maximum Gasteiger partial charge on any atom is 0.256 e. The van der Waals surface area contributed by atoms with Gasteiger partial charge in [0.15, 0.2) is 5.82 Å². The number of rotatable bonds is 8. The number of hydrogen-bond acceptors (Lipinski definition) is 10. The summed E-state index contributed by atoms with van der Waals surface area (Å²) in [6.07, 6.45) is 10.3. The molecule has 2 aliphatic rings. The molecular formula is C26H32N8O5S2. The largest absolute Gasteiger partial charge is 0.349 e. The number of aromatic nitrogens is 6. The van der Waals surface area contributed by atoms with Crippen LogP contribution in [0.25, 0.3) is 22.3 Å². The molecule has 4 aromatic heterocycles. The summed E-state index contributed by atoms with van der Waals surface area (Å²) < 4.78 is 47.7. The Morgan fingerprint density at radius 3 is 2.54 bits per heavy atom. The first kappa shape index (κ1) is 27.6. The zero-order valence-corrected chi connectivity index (χ0v) is 24.3. The summed E-state index contributed by atoms with van der Waals surface area (Å²) in [7, 11) is -6.01. The number of carbonyl (C=O) groups excluding carboxylic acids is 1. The lowest BCUT2D eigenvalue weighted by Gasteiger charge is -2.39. The van der Waals surface area contributed by atoms with Crippen LogP contribution < -0.4 is 10.6 Å². The second-order valence-corrected chi connectivity index (χ2v) is 15.3. The van der Waals surface area contributed by atoms with Crippen molar-refractivity contribution < 1.29 is 22.3 Å². The van der Waals surface area contributed by atoms with E-state index in [2.05, 4.69) is 30.7 Å². The van der Waals surface area contributed by atoms with E-state index in [4.69, 9.17) is 0 Å². The minimum atomic E-state index is -3.49. The molecule has 1 saturated heterocycles. The van der Waals surface area contributed by atoms with E-state index in [1.54, 1.807) is 18.5 Å². The van der Waals surface area contributed by atoms with Crippen LogP contribution in [0.4, 0.5) is 11.6 Å². The van der Waals surface area contributed by atoms with Crippen molar-refractivity contribution in [1.82, 2.24) is 34.0 Å². The third-order valence-electron chi connectivity index (χ3n) is 7.38. The summed E-state index contributed by atoms with van der Waals surface area (Å²) in [5, 5.41) is 10.6. The Morgan fingerprint density at radius 2 is 1.83 bits per heavy atom. The normalized spacial score (nSPS) is 18.5. The van der Waals surface area contributed by atoms with E-state index in [0.29, 0.717) is 71.2 Å². The SMILES string of the molecule is CC(C)n1cc(C(=O)NC2CCS(O)(O)CC2)c2cnc(Nc3ccnc(-c4cnn(S(=O)(=O)C5CC5)c4)n3)cc21. The van der Waals surface area contributed by atoms with Crippen molar-refractivity contribution in [3.8, 4) is 11.4 Å². The second-order valence-electron chi connectivity index (χ2n) is 10.8. The van der Waals surface area contributed by atoms with E-state index >= 15 is 0 Å². The third kappa shape index (κ3) is 5.66. The van der Waals surface area contributed by atoms with Gasteiger partial charge in [-0.1, -0.05) is 0 Å². The van der Waals surface area contributed by atoms with Crippen LogP contribution in [0.5, 0.6) is 0 Å². The maximum atomic E-state index is 13.2. The Bertz CT molecular complexity index is 1720. The summed E-state index contributed by atoms with van der Waals surface area (Å²) >= 11 is 0. The topological polar surface area (TPSA) is 177 Å². The predicted molar refractivity (Wildman–Crippen MR) is 157 cm³/mol. The highest BCUT2D eigenvalue weighted by Crippen LogP contribution is 2.44. The lowest BCUT2D eigenvalue weighted by molar-refractivity contribution is 0.0935. The smallest absolute Gasteiger partial charge is 0.256 e. The van der Waals surface area contributed by atoms with Crippen molar-refractivity contribution >= 4 is 49.1 Å². The molecule has 0 spiro atoms. The number of hydrogen-bond donors (Lipinski definition) is 4. The molecule has 0 atom stereocenters. The Kier molecular flexibility index (Phi) is 7.00. The lowest BCUT2D eigenvalue weighted by Crippen LogP contribution is -2.39. The van der Waals surface area contributed by atoms with Crippen LogP contribution in [-0.2, 0) is 10.0 Å². The van der Waals surface area contributed by atoms with Gasteiger partial charge in [-0.2, -0.15) is 19.8 Å². The second kappa shape index (κ2) is 10.4. The van der Waals surface area contributed by atoms with Gasteiger partial charge in [-0.3, -0.25) is 13.9 Å². The number of amides is 1. The zero-order chi connectivity index (χ0) is 28.9. The van der Waals surface area contributed by atoms with Crippen LogP contribution in [0.15, 0.2) is 43.1 Å². The zero-order valence-electron chi connectivity index (χ0n) is 22.6. The van der Waals surface area contributed by atoms with Crippen LogP contribution in [0, 0.1) is 0 Å².